The molecule has 0 radical (unpaired) electrons. The number of nitrogens with zero attached hydrogens (tertiary/aromatic N) is 6. The first kappa shape index (κ1) is 20.4. The number of aromatic nitrogens is 6. The number of halogens is 1. The summed E-state index contributed by atoms with van der Waals surface area (Å²) >= 11 is 6.02. The van der Waals surface area contributed by atoms with Gasteiger partial charge in [-0.1, -0.05) is 23.7 Å². The van der Waals surface area contributed by atoms with Crippen LogP contribution in [0.25, 0.3) is 17.8 Å². The molecule has 0 saturated carbocycles. The van der Waals surface area contributed by atoms with Crippen molar-refractivity contribution < 1.29 is 9.47 Å². The van der Waals surface area contributed by atoms with Gasteiger partial charge in [-0.15, -0.1) is 0 Å². The molecule has 8 nitrogen and oxygen atoms in total. The van der Waals surface area contributed by atoms with E-state index in [1.54, 1.807) is 13.4 Å². The molecule has 1 aromatic carbocycles. The van der Waals surface area contributed by atoms with Crippen LogP contribution in [0.15, 0.2) is 48.9 Å². The number of hydrogen-bond donors (Lipinski definition) is 0. The normalized spacial score (nSPS) is 15.8. The lowest BCUT2D eigenvalue weighted by atomic mass is 10.1. The van der Waals surface area contributed by atoms with E-state index in [0.717, 1.165) is 28.5 Å². The fourth-order valence-electron chi connectivity index (χ4n) is 3.62. The van der Waals surface area contributed by atoms with Crippen molar-refractivity contribution in [2.75, 3.05) is 13.7 Å². The molecular weight excluding hydrogens is 428 g/mol. The smallest absolute Gasteiger partial charge is 0.238 e. The highest BCUT2D eigenvalue weighted by Crippen LogP contribution is 2.29. The lowest BCUT2D eigenvalue weighted by Crippen LogP contribution is -2.23. The Hall–Kier alpha value is -3.49. The third-order valence-electron chi connectivity index (χ3n) is 5.16. The summed E-state index contributed by atoms with van der Waals surface area (Å²) in [4.78, 5) is 13.5. The molecule has 0 unspecified atom stereocenters. The standard InChI is InChI=1S/C23H21ClN6O2/c1-15-13-29(14-25-15)19-9-7-18(26-23(19)31-2)8-10-20-27-22-21(32-12-11-30(22)28-20)16-3-5-17(24)6-4-16/h3-10,13-14,21H,11-12H2,1-2H3/b10-8+/t21-/m0/s1. The van der Waals surface area contributed by atoms with Gasteiger partial charge in [0.25, 0.3) is 0 Å². The summed E-state index contributed by atoms with van der Waals surface area (Å²) in [6, 6.07) is 11.5. The minimum Gasteiger partial charge on any atom is -0.479 e. The second-order valence-electron chi connectivity index (χ2n) is 7.37. The zero-order valence-electron chi connectivity index (χ0n) is 17.6. The summed E-state index contributed by atoms with van der Waals surface area (Å²) in [7, 11) is 1.60. The Kier molecular flexibility index (Phi) is 5.46. The van der Waals surface area contributed by atoms with Gasteiger partial charge in [-0.25, -0.2) is 19.6 Å². The van der Waals surface area contributed by atoms with Gasteiger partial charge in [0, 0.05) is 11.2 Å². The van der Waals surface area contributed by atoms with Gasteiger partial charge in [-0.2, -0.15) is 5.10 Å². The molecule has 0 fully saturated rings. The molecule has 9 heteroatoms. The maximum atomic E-state index is 6.02. The fraction of sp³-hybridized carbons (Fsp3) is 0.217. The molecule has 4 aromatic rings. The van der Waals surface area contributed by atoms with E-state index in [4.69, 9.17) is 26.1 Å². The number of ether oxygens (including phenoxy) is 2. The van der Waals surface area contributed by atoms with Gasteiger partial charge in [-0.3, -0.25) is 0 Å². The van der Waals surface area contributed by atoms with Crippen molar-refractivity contribution in [3.63, 3.8) is 0 Å². The predicted octanol–water partition coefficient (Wildman–Crippen LogP) is 4.12. The topological polar surface area (TPSA) is 79.9 Å². The molecule has 1 aliphatic rings. The number of benzene rings is 1. The summed E-state index contributed by atoms with van der Waals surface area (Å²) in [6.07, 6.45) is 7.10. The third-order valence-corrected chi connectivity index (χ3v) is 5.41. The molecule has 0 aliphatic carbocycles. The van der Waals surface area contributed by atoms with Gasteiger partial charge in [0.05, 0.1) is 38.0 Å². The van der Waals surface area contributed by atoms with Crippen molar-refractivity contribution in [3.8, 4) is 11.6 Å². The fourth-order valence-corrected chi connectivity index (χ4v) is 3.74. The second-order valence-corrected chi connectivity index (χ2v) is 7.81. The summed E-state index contributed by atoms with van der Waals surface area (Å²) in [5.41, 5.74) is 3.48. The summed E-state index contributed by atoms with van der Waals surface area (Å²) in [6.45, 7) is 3.17. The van der Waals surface area contributed by atoms with Crippen molar-refractivity contribution in [1.29, 1.82) is 0 Å². The first-order valence-corrected chi connectivity index (χ1v) is 10.5. The van der Waals surface area contributed by atoms with Gasteiger partial charge in [0.2, 0.25) is 5.88 Å². The maximum Gasteiger partial charge on any atom is 0.238 e. The van der Waals surface area contributed by atoms with Crippen LogP contribution in [-0.4, -0.2) is 43.0 Å². The summed E-state index contributed by atoms with van der Waals surface area (Å²) in [5, 5.41) is 5.30. The van der Waals surface area contributed by atoms with E-state index >= 15 is 0 Å². The SMILES string of the molecule is COc1nc(/C=C/c2nc3n(n2)CCO[C@H]3c2ccc(Cl)cc2)ccc1-n1cnc(C)c1. The largest absolute Gasteiger partial charge is 0.479 e. The van der Waals surface area contributed by atoms with Gasteiger partial charge in [0.15, 0.2) is 11.6 Å². The predicted molar refractivity (Wildman–Crippen MR) is 121 cm³/mol. The molecular formula is C23H21ClN6O2. The Morgan fingerprint density at radius 3 is 2.72 bits per heavy atom. The van der Waals surface area contributed by atoms with Crippen LogP contribution < -0.4 is 4.74 Å². The zero-order valence-corrected chi connectivity index (χ0v) is 18.4. The number of rotatable bonds is 5. The first-order valence-electron chi connectivity index (χ1n) is 10.2. The lowest BCUT2D eigenvalue weighted by molar-refractivity contribution is 0.0390. The van der Waals surface area contributed by atoms with Crippen molar-refractivity contribution in [1.82, 2.24) is 29.3 Å². The highest BCUT2D eigenvalue weighted by molar-refractivity contribution is 6.30. The van der Waals surface area contributed by atoms with Crippen LogP contribution in [0.2, 0.25) is 5.02 Å². The number of aryl methyl sites for hydroxylation is 1. The Morgan fingerprint density at radius 1 is 1.12 bits per heavy atom. The van der Waals surface area contributed by atoms with Crippen LogP contribution in [0.1, 0.15) is 34.7 Å². The Morgan fingerprint density at radius 2 is 1.97 bits per heavy atom. The van der Waals surface area contributed by atoms with Gasteiger partial charge >= 0.3 is 0 Å². The minimum atomic E-state index is -0.271. The summed E-state index contributed by atoms with van der Waals surface area (Å²) < 4.78 is 15.2. The molecule has 5 rings (SSSR count). The lowest BCUT2D eigenvalue weighted by Gasteiger charge is -2.23. The van der Waals surface area contributed by atoms with Crippen LogP contribution in [-0.2, 0) is 11.3 Å². The van der Waals surface area contributed by atoms with E-state index in [1.807, 2.05) is 70.9 Å². The van der Waals surface area contributed by atoms with Crippen molar-refractivity contribution >= 4 is 23.8 Å². The number of imidazole rings is 1. The van der Waals surface area contributed by atoms with E-state index in [0.29, 0.717) is 29.9 Å². The summed E-state index contributed by atoms with van der Waals surface area (Å²) in [5.74, 6) is 1.88. The zero-order chi connectivity index (χ0) is 22.1. The number of methoxy groups -OCH3 is 1. The van der Waals surface area contributed by atoms with Crippen molar-refractivity contribution in [3.05, 3.63) is 82.5 Å². The highest BCUT2D eigenvalue weighted by Gasteiger charge is 2.26. The minimum absolute atomic E-state index is 0.271. The average molecular weight is 449 g/mol. The Bertz CT molecular complexity index is 1280. The molecule has 0 N–H and O–H groups in total. The van der Waals surface area contributed by atoms with E-state index in [1.165, 1.54) is 0 Å². The van der Waals surface area contributed by atoms with Gasteiger partial charge in [0.1, 0.15) is 11.8 Å². The Labute approximate surface area is 190 Å². The van der Waals surface area contributed by atoms with Crippen molar-refractivity contribution in [2.45, 2.75) is 19.6 Å². The van der Waals surface area contributed by atoms with E-state index < -0.39 is 0 Å². The van der Waals surface area contributed by atoms with E-state index in [-0.39, 0.29) is 6.10 Å². The third kappa shape index (κ3) is 4.02. The van der Waals surface area contributed by atoms with Gasteiger partial charge in [-0.05, 0) is 48.9 Å². The Balaban J connectivity index is 1.40. The quantitative estimate of drug-likeness (QED) is 0.457. The highest BCUT2D eigenvalue weighted by atomic mass is 35.5. The van der Waals surface area contributed by atoms with Crippen molar-refractivity contribution in [2.24, 2.45) is 0 Å². The monoisotopic (exact) mass is 448 g/mol. The molecule has 1 aliphatic heterocycles. The molecule has 0 amide bonds. The number of fused-ring (bicyclic) bond motifs is 1. The second kappa shape index (κ2) is 8.57. The number of hydrogen-bond acceptors (Lipinski definition) is 6. The molecule has 0 saturated heterocycles. The van der Waals surface area contributed by atoms with E-state index in [2.05, 4.69) is 15.1 Å². The average Bonchev–Trinajstić information content (AvgIpc) is 3.43. The maximum absolute atomic E-state index is 6.02. The van der Waals surface area contributed by atoms with Crippen LogP contribution in [0, 0.1) is 6.92 Å². The van der Waals surface area contributed by atoms with Crippen LogP contribution in [0.5, 0.6) is 5.88 Å². The molecule has 3 aromatic heterocycles. The molecule has 1 atom stereocenters. The molecule has 0 spiro atoms. The first-order chi connectivity index (χ1) is 15.6. The van der Waals surface area contributed by atoms with Crippen LogP contribution >= 0.6 is 11.6 Å². The molecule has 32 heavy (non-hydrogen) atoms. The van der Waals surface area contributed by atoms with E-state index in [9.17, 15) is 0 Å². The van der Waals surface area contributed by atoms with Crippen LogP contribution in [0.3, 0.4) is 0 Å². The van der Waals surface area contributed by atoms with Crippen LogP contribution in [0.4, 0.5) is 0 Å². The van der Waals surface area contributed by atoms with Gasteiger partial charge < -0.3 is 14.0 Å². The number of pyridine rings is 1. The molecule has 4 heterocycles. The molecule has 162 valence electrons. The molecule has 0 bridgehead atoms.